The largest absolute Gasteiger partial charge is 0.481 e. The first kappa shape index (κ1) is 15.6. The first-order valence-electron chi connectivity index (χ1n) is 5.83. The summed E-state index contributed by atoms with van der Waals surface area (Å²) in [5.74, 6) is -1.03. The summed E-state index contributed by atoms with van der Waals surface area (Å²) in [6.07, 6.45) is -0.225. The Morgan fingerprint density at radius 1 is 1.37 bits per heavy atom. The maximum Gasteiger partial charge on any atom is 0.304 e. The summed E-state index contributed by atoms with van der Waals surface area (Å²) < 4.78 is 27.4. The van der Waals surface area contributed by atoms with Crippen molar-refractivity contribution in [3.05, 3.63) is 35.9 Å². The average Bonchev–Trinajstić information content (AvgIpc) is 2.36. The topological polar surface area (TPSA) is 86.7 Å². The van der Waals surface area contributed by atoms with Gasteiger partial charge in [0, 0.05) is 19.6 Å². The number of nitrogens with one attached hydrogen (secondary N) is 1. The Balaban J connectivity index is 2.66. The highest BCUT2D eigenvalue weighted by Crippen LogP contribution is 2.13. The molecule has 1 aromatic rings. The molecule has 2 N–H and O–H groups in total. The third-order valence-electron chi connectivity index (χ3n) is 2.68. The zero-order valence-electron chi connectivity index (χ0n) is 10.9. The van der Waals surface area contributed by atoms with Gasteiger partial charge in [-0.2, -0.15) is 17.4 Å². The Hall–Kier alpha value is -1.44. The third kappa shape index (κ3) is 4.98. The predicted octanol–water partition coefficient (Wildman–Crippen LogP) is 0.989. The van der Waals surface area contributed by atoms with Crippen LogP contribution >= 0.6 is 0 Å². The molecule has 0 radical (unpaired) electrons. The van der Waals surface area contributed by atoms with Gasteiger partial charge >= 0.3 is 5.97 Å². The van der Waals surface area contributed by atoms with Gasteiger partial charge in [-0.1, -0.05) is 30.3 Å². The molecule has 0 heterocycles. The van der Waals surface area contributed by atoms with Crippen LogP contribution in [-0.4, -0.2) is 37.4 Å². The number of aliphatic carboxylic acids is 1. The molecular formula is C12H18N2O4S. The monoisotopic (exact) mass is 286 g/mol. The molecule has 7 heteroatoms. The molecule has 1 aromatic carbocycles. The van der Waals surface area contributed by atoms with Crippen LogP contribution < -0.4 is 4.72 Å². The van der Waals surface area contributed by atoms with E-state index in [0.29, 0.717) is 0 Å². The summed E-state index contributed by atoms with van der Waals surface area (Å²) in [7, 11) is -2.33. The van der Waals surface area contributed by atoms with Crippen LogP contribution in [0.2, 0.25) is 0 Å². The van der Waals surface area contributed by atoms with Crippen LogP contribution in [0.5, 0.6) is 0 Å². The minimum atomic E-state index is -3.68. The van der Waals surface area contributed by atoms with Crippen LogP contribution in [0.4, 0.5) is 0 Å². The number of carboxylic acid groups (broad SMARTS) is 1. The Morgan fingerprint density at radius 3 is 2.47 bits per heavy atom. The second kappa shape index (κ2) is 6.65. The van der Waals surface area contributed by atoms with E-state index in [-0.39, 0.29) is 19.0 Å². The van der Waals surface area contributed by atoms with Crippen LogP contribution in [-0.2, 0) is 15.0 Å². The molecule has 1 rings (SSSR count). The molecule has 0 bridgehead atoms. The summed E-state index contributed by atoms with van der Waals surface area (Å²) in [5.41, 5.74) is 0.845. The van der Waals surface area contributed by atoms with E-state index in [2.05, 4.69) is 4.72 Å². The lowest BCUT2D eigenvalue weighted by atomic mass is 10.1. The fourth-order valence-corrected chi connectivity index (χ4v) is 2.59. The lowest BCUT2D eigenvalue weighted by Crippen LogP contribution is -2.40. The molecule has 6 nitrogen and oxygen atoms in total. The summed E-state index contributed by atoms with van der Waals surface area (Å²) in [4.78, 5) is 10.4. The van der Waals surface area contributed by atoms with E-state index in [9.17, 15) is 13.2 Å². The summed E-state index contributed by atoms with van der Waals surface area (Å²) in [6.45, 7) is 1.67. The highest BCUT2D eigenvalue weighted by atomic mass is 32.2. The summed E-state index contributed by atoms with van der Waals surface area (Å²) >= 11 is 0. The van der Waals surface area contributed by atoms with Crippen molar-refractivity contribution in [3.8, 4) is 0 Å². The Labute approximate surface area is 113 Å². The molecular weight excluding hydrogens is 268 g/mol. The minimum Gasteiger partial charge on any atom is -0.481 e. The molecule has 0 fully saturated rings. The first-order valence-corrected chi connectivity index (χ1v) is 7.27. The standard InChI is InChI=1S/C12H18N2O4S/c1-10(11-6-4-3-5-7-11)13-19(17,18)14(2)9-8-12(15)16/h3-7,10,13H,8-9H2,1-2H3,(H,15,16)/t10-/m1/s1. The molecule has 0 aliphatic heterocycles. The van der Waals surface area contributed by atoms with Gasteiger partial charge in [-0.25, -0.2) is 0 Å². The van der Waals surface area contributed by atoms with Gasteiger partial charge in [0.2, 0.25) is 0 Å². The van der Waals surface area contributed by atoms with Crippen LogP contribution in [0.3, 0.4) is 0 Å². The first-order chi connectivity index (χ1) is 8.83. The van der Waals surface area contributed by atoms with Crippen molar-refractivity contribution < 1.29 is 18.3 Å². The highest BCUT2D eigenvalue weighted by Gasteiger charge is 2.21. The van der Waals surface area contributed by atoms with Crippen LogP contribution in [0, 0.1) is 0 Å². The number of rotatable bonds is 7. The normalized spacial score (nSPS) is 13.4. The smallest absolute Gasteiger partial charge is 0.304 e. The van der Waals surface area contributed by atoms with Crippen molar-refractivity contribution in [1.29, 1.82) is 0 Å². The quantitative estimate of drug-likeness (QED) is 0.782. The van der Waals surface area contributed by atoms with Crippen molar-refractivity contribution in [2.45, 2.75) is 19.4 Å². The molecule has 19 heavy (non-hydrogen) atoms. The van der Waals surface area contributed by atoms with Gasteiger partial charge in [0.25, 0.3) is 10.2 Å². The van der Waals surface area contributed by atoms with E-state index < -0.39 is 16.2 Å². The van der Waals surface area contributed by atoms with Gasteiger partial charge in [-0.3, -0.25) is 4.79 Å². The van der Waals surface area contributed by atoms with Gasteiger partial charge in [0.15, 0.2) is 0 Å². The lowest BCUT2D eigenvalue weighted by Gasteiger charge is -2.20. The van der Waals surface area contributed by atoms with Gasteiger partial charge in [0.05, 0.1) is 6.42 Å². The molecule has 0 unspecified atom stereocenters. The number of carbonyl (C=O) groups is 1. The summed E-state index contributed by atoms with van der Waals surface area (Å²) in [6, 6.07) is 8.78. The van der Waals surface area contributed by atoms with Crippen molar-refractivity contribution in [2.75, 3.05) is 13.6 Å². The molecule has 0 amide bonds. The second-order valence-corrected chi connectivity index (χ2v) is 6.03. The minimum absolute atomic E-state index is 0.0633. The molecule has 0 aliphatic carbocycles. The van der Waals surface area contributed by atoms with Gasteiger partial charge in [-0.05, 0) is 12.5 Å². The predicted molar refractivity (Wildman–Crippen MR) is 71.8 cm³/mol. The maximum atomic E-state index is 11.9. The SMILES string of the molecule is C[C@@H](NS(=O)(=O)N(C)CCC(=O)O)c1ccccc1. The second-order valence-electron chi connectivity index (χ2n) is 4.22. The molecule has 0 saturated heterocycles. The molecule has 1 atom stereocenters. The van der Waals surface area contributed by atoms with Crippen molar-refractivity contribution in [1.82, 2.24) is 9.03 Å². The molecule has 0 saturated carbocycles. The van der Waals surface area contributed by atoms with Crippen molar-refractivity contribution in [3.63, 3.8) is 0 Å². The zero-order chi connectivity index (χ0) is 14.5. The van der Waals surface area contributed by atoms with Gasteiger partial charge in [-0.15, -0.1) is 0 Å². The Kier molecular flexibility index (Phi) is 5.46. The van der Waals surface area contributed by atoms with E-state index in [4.69, 9.17) is 5.11 Å². The number of carboxylic acids is 1. The Morgan fingerprint density at radius 2 is 1.95 bits per heavy atom. The number of benzene rings is 1. The van der Waals surface area contributed by atoms with E-state index in [1.807, 2.05) is 30.3 Å². The van der Waals surface area contributed by atoms with E-state index in [1.54, 1.807) is 6.92 Å². The third-order valence-corrected chi connectivity index (χ3v) is 4.33. The van der Waals surface area contributed by atoms with E-state index >= 15 is 0 Å². The van der Waals surface area contributed by atoms with Crippen LogP contribution in [0.25, 0.3) is 0 Å². The van der Waals surface area contributed by atoms with Crippen molar-refractivity contribution in [2.24, 2.45) is 0 Å². The fourth-order valence-electron chi connectivity index (χ4n) is 1.50. The van der Waals surface area contributed by atoms with Crippen LogP contribution in [0.15, 0.2) is 30.3 Å². The number of hydrogen-bond donors (Lipinski definition) is 2. The summed E-state index contributed by atoms with van der Waals surface area (Å²) in [5, 5.41) is 8.55. The number of nitrogens with zero attached hydrogens (tertiary/aromatic N) is 1. The average molecular weight is 286 g/mol. The molecule has 0 aromatic heterocycles. The van der Waals surface area contributed by atoms with Crippen LogP contribution in [0.1, 0.15) is 24.9 Å². The zero-order valence-corrected chi connectivity index (χ0v) is 11.7. The highest BCUT2D eigenvalue weighted by molar-refractivity contribution is 7.87. The molecule has 0 spiro atoms. The number of hydrogen-bond acceptors (Lipinski definition) is 3. The van der Waals surface area contributed by atoms with Gasteiger partial charge < -0.3 is 5.11 Å². The van der Waals surface area contributed by atoms with Gasteiger partial charge in [0.1, 0.15) is 0 Å². The van der Waals surface area contributed by atoms with Crippen molar-refractivity contribution >= 4 is 16.2 Å². The molecule has 0 aliphatic rings. The van der Waals surface area contributed by atoms with E-state index in [0.717, 1.165) is 9.87 Å². The lowest BCUT2D eigenvalue weighted by molar-refractivity contribution is -0.137. The maximum absolute atomic E-state index is 11.9. The fraction of sp³-hybridized carbons (Fsp3) is 0.417. The molecule has 106 valence electrons. The Bertz CT molecular complexity index is 516. The van der Waals surface area contributed by atoms with E-state index in [1.165, 1.54) is 7.05 Å².